The predicted octanol–water partition coefficient (Wildman–Crippen LogP) is 4.31. The molecule has 142 valence electrons. The molecule has 1 rings (SSSR count). The first kappa shape index (κ1) is 21.6. The number of hydrogen-bond acceptors (Lipinski definition) is 4. The molecule has 0 spiro atoms. The van der Waals surface area contributed by atoms with Gasteiger partial charge in [0, 0.05) is 6.54 Å². The summed E-state index contributed by atoms with van der Waals surface area (Å²) in [5.41, 5.74) is 0.652. The number of allylic oxidation sites excluding steroid dienone is 1. The zero-order valence-electron chi connectivity index (χ0n) is 16.7. The monoisotopic (exact) mass is 367 g/mol. The molecule has 0 aromatic rings. The molecule has 0 aliphatic carbocycles. The fraction of sp³-hybridized carbons (Fsp3) is 0.684. The van der Waals surface area contributed by atoms with Gasteiger partial charge in [0.2, 0.25) is 0 Å². The molecule has 1 saturated heterocycles. The molecule has 1 amide bonds. The van der Waals surface area contributed by atoms with E-state index < -0.39 is 8.32 Å². The molecule has 1 aliphatic rings. The van der Waals surface area contributed by atoms with Crippen LogP contribution in [0.2, 0.25) is 18.1 Å². The predicted molar refractivity (Wildman–Crippen MR) is 103 cm³/mol. The first-order valence-electron chi connectivity index (χ1n) is 8.80. The van der Waals surface area contributed by atoms with Gasteiger partial charge in [0.1, 0.15) is 6.61 Å². The molecule has 1 aliphatic heterocycles. The zero-order chi connectivity index (χ0) is 19.4. The van der Waals surface area contributed by atoms with Crippen molar-refractivity contribution in [1.29, 1.82) is 0 Å². The van der Waals surface area contributed by atoms with Gasteiger partial charge in [0.05, 0.1) is 12.1 Å². The topological polar surface area (TPSA) is 55.8 Å². The van der Waals surface area contributed by atoms with Gasteiger partial charge >= 0.3 is 6.09 Å². The Kier molecular flexibility index (Phi) is 7.20. The minimum Gasteiger partial charge on any atom is -0.445 e. The maximum atomic E-state index is 12.4. The lowest BCUT2D eigenvalue weighted by molar-refractivity contribution is -0.113. The second kappa shape index (κ2) is 8.32. The van der Waals surface area contributed by atoms with Gasteiger partial charge in [0.15, 0.2) is 14.1 Å². The molecule has 1 heterocycles. The normalized spacial score (nSPS) is 22.0. The molecule has 0 radical (unpaired) electrons. The van der Waals surface area contributed by atoms with Crippen LogP contribution in [0.1, 0.15) is 41.0 Å². The number of carbonyl (C=O) groups excluding carboxylic acids is 2. The van der Waals surface area contributed by atoms with Crippen LogP contribution in [0.25, 0.3) is 0 Å². The number of hydrogen-bond donors (Lipinski definition) is 0. The SMILES string of the molecule is C=CCOC(=O)N1CC(O[Si](C)(C)C(C)(C)C)CC1C=C(C)C(C)=O. The lowest BCUT2D eigenvalue weighted by Crippen LogP contribution is -2.44. The van der Waals surface area contributed by atoms with E-state index in [1.807, 2.05) is 6.08 Å². The molecule has 25 heavy (non-hydrogen) atoms. The van der Waals surface area contributed by atoms with E-state index in [0.717, 1.165) is 0 Å². The van der Waals surface area contributed by atoms with E-state index in [1.165, 1.54) is 6.92 Å². The third-order valence-corrected chi connectivity index (χ3v) is 9.66. The van der Waals surface area contributed by atoms with Crippen molar-refractivity contribution in [3.63, 3.8) is 0 Å². The minimum absolute atomic E-state index is 0.00757. The lowest BCUT2D eigenvalue weighted by Gasteiger charge is -2.38. The third-order valence-electron chi connectivity index (χ3n) is 5.13. The van der Waals surface area contributed by atoms with Crippen LogP contribution in [0.4, 0.5) is 4.79 Å². The highest BCUT2D eigenvalue weighted by Gasteiger charge is 2.43. The molecule has 1 fully saturated rings. The van der Waals surface area contributed by atoms with Crippen LogP contribution < -0.4 is 0 Å². The van der Waals surface area contributed by atoms with Crippen molar-refractivity contribution in [3.8, 4) is 0 Å². The number of rotatable bonds is 6. The van der Waals surface area contributed by atoms with Crippen molar-refractivity contribution in [1.82, 2.24) is 4.90 Å². The molecular formula is C19H33NO4Si. The summed E-state index contributed by atoms with van der Waals surface area (Å²) in [6, 6.07) is -0.184. The van der Waals surface area contributed by atoms with E-state index >= 15 is 0 Å². The van der Waals surface area contributed by atoms with Crippen LogP contribution in [0, 0.1) is 0 Å². The fourth-order valence-corrected chi connectivity index (χ4v) is 3.85. The van der Waals surface area contributed by atoms with Crippen LogP contribution in [0.3, 0.4) is 0 Å². The summed E-state index contributed by atoms with van der Waals surface area (Å²) < 4.78 is 11.7. The molecular weight excluding hydrogens is 334 g/mol. The van der Waals surface area contributed by atoms with Gasteiger partial charge in [-0.1, -0.05) is 39.5 Å². The second-order valence-electron chi connectivity index (χ2n) is 8.23. The van der Waals surface area contributed by atoms with Crippen LogP contribution >= 0.6 is 0 Å². The Morgan fingerprint density at radius 3 is 2.36 bits per heavy atom. The van der Waals surface area contributed by atoms with Gasteiger partial charge in [-0.15, -0.1) is 0 Å². The Labute approximate surface area is 153 Å². The smallest absolute Gasteiger partial charge is 0.410 e. The molecule has 2 atom stereocenters. The van der Waals surface area contributed by atoms with Crippen LogP contribution in [-0.4, -0.2) is 50.4 Å². The summed E-state index contributed by atoms with van der Waals surface area (Å²) in [7, 11) is -1.93. The van der Waals surface area contributed by atoms with E-state index in [9.17, 15) is 9.59 Å². The van der Waals surface area contributed by atoms with E-state index in [2.05, 4.69) is 40.4 Å². The summed E-state index contributed by atoms with van der Waals surface area (Å²) >= 11 is 0. The van der Waals surface area contributed by atoms with Gasteiger partial charge < -0.3 is 9.16 Å². The van der Waals surface area contributed by atoms with Crippen LogP contribution in [-0.2, 0) is 14.0 Å². The largest absolute Gasteiger partial charge is 0.445 e. The van der Waals surface area contributed by atoms with Crippen molar-refractivity contribution in [2.24, 2.45) is 0 Å². The third kappa shape index (κ3) is 5.82. The molecule has 0 bridgehead atoms. The molecule has 5 nitrogen and oxygen atoms in total. The summed E-state index contributed by atoms with van der Waals surface area (Å²) in [6.45, 7) is 18.5. The van der Waals surface area contributed by atoms with Gasteiger partial charge in [-0.05, 0) is 44.0 Å². The average Bonchev–Trinajstić information content (AvgIpc) is 2.85. The Bertz CT molecular complexity index is 548. The second-order valence-corrected chi connectivity index (χ2v) is 13.0. The van der Waals surface area contributed by atoms with Gasteiger partial charge in [0.25, 0.3) is 0 Å². The van der Waals surface area contributed by atoms with Crippen molar-refractivity contribution < 1.29 is 18.8 Å². The maximum Gasteiger partial charge on any atom is 0.410 e. The standard InChI is InChI=1S/C19H33NO4Si/c1-9-10-23-18(22)20-13-17(24-25(7,8)19(4,5)6)12-16(20)11-14(2)15(3)21/h9,11,16-17H,1,10,12-13H2,2-8H3. The molecule has 2 unspecified atom stereocenters. The summed E-state index contributed by atoms with van der Waals surface area (Å²) in [5, 5.41) is 0.102. The number of likely N-dealkylation sites (tertiary alicyclic amines) is 1. The number of nitrogens with zero attached hydrogens (tertiary/aromatic N) is 1. The quantitative estimate of drug-likeness (QED) is 0.399. The summed E-state index contributed by atoms with van der Waals surface area (Å²) in [4.78, 5) is 25.6. The first-order chi connectivity index (χ1) is 11.4. The summed E-state index contributed by atoms with van der Waals surface area (Å²) in [6.07, 6.45) is 3.65. The van der Waals surface area contributed by atoms with Gasteiger partial charge in [-0.3, -0.25) is 9.69 Å². The highest BCUT2D eigenvalue weighted by Crippen LogP contribution is 2.39. The Hall–Kier alpha value is -1.40. The van der Waals surface area contributed by atoms with Crippen LogP contribution in [0.5, 0.6) is 0 Å². The maximum absolute atomic E-state index is 12.4. The molecule has 0 saturated carbocycles. The molecule has 0 aromatic heterocycles. The highest BCUT2D eigenvalue weighted by atomic mass is 28.4. The van der Waals surface area contributed by atoms with Crippen molar-refractivity contribution in [2.75, 3.05) is 13.2 Å². The molecule has 0 N–H and O–H groups in total. The van der Waals surface area contributed by atoms with E-state index in [1.54, 1.807) is 17.9 Å². The van der Waals surface area contributed by atoms with Crippen molar-refractivity contribution >= 4 is 20.2 Å². The van der Waals surface area contributed by atoms with E-state index in [4.69, 9.17) is 9.16 Å². The average molecular weight is 368 g/mol. The molecule has 6 heteroatoms. The highest BCUT2D eigenvalue weighted by molar-refractivity contribution is 6.74. The van der Waals surface area contributed by atoms with Crippen molar-refractivity contribution in [2.45, 2.75) is 71.3 Å². The number of ketones is 1. The van der Waals surface area contributed by atoms with Gasteiger partial charge in [-0.2, -0.15) is 0 Å². The number of amides is 1. The lowest BCUT2D eigenvalue weighted by atomic mass is 10.1. The first-order valence-corrected chi connectivity index (χ1v) is 11.7. The number of ether oxygens (including phenoxy) is 1. The van der Waals surface area contributed by atoms with Crippen LogP contribution in [0.15, 0.2) is 24.3 Å². The van der Waals surface area contributed by atoms with Gasteiger partial charge in [-0.25, -0.2) is 4.79 Å². The summed E-state index contributed by atoms with van der Waals surface area (Å²) in [5.74, 6) is 0.00757. The Morgan fingerprint density at radius 1 is 1.28 bits per heavy atom. The van der Waals surface area contributed by atoms with E-state index in [-0.39, 0.29) is 35.7 Å². The fourth-order valence-electron chi connectivity index (χ4n) is 2.49. The minimum atomic E-state index is -1.93. The Balaban J connectivity index is 2.97. The number of carbonyl (C=O) groups is 2. The van der Waals surface area contributed by atoms with E-state index in [0.29, 0.717) is 18.5 Å². The molecule has 0 aromatic carbocycles. The Morgan fingerprint density at radius 2 is 1.88 bits per heavy atom. The number of Topliss-reactive ketones (excluding diaryl/α,β-unsaturated/α-hetero) is 1. The van der Waals surface area contributed by atoms with Crippen molar-refractivity contribution in [3.05, 3.63) is 24.3 Å². The zero-order valence-corrected chi connectivity index (χ0v) is 17.7.